The average Bonchev–Trinajstić information content (AvgIpc) is 3.29. The van der Waals surface area contributed by atoms with E-state index >= 15 is 0 Å². The van der Waals surface area contributed by atoms with E-state index in [1.54, 1.807) is 23.1 Å². The first-order chi connectivity index (χ1) is 15.5. The second kappa shape index (κ2) is 10.6. The standard InChI is InChI=1S/C24H28Cl2N4O2/c25-19-15-18(16-20(26)17-19)24(32)30-9-4-7-22(30)23(31)27-8-10-28-11-13-29(14-12-28)21-5-2-1-3-6-21/h1-3,5-6,15-17,22H,4,7-14H2,(H,27,31). The number of carbonyl (C=O) groups excluding carboxylic acids is 2. The molecule has 2 amide bonds. The van der Waals surface area contributed by atoms with Crippen LogP contribution in [0.25, 0.3) is 0 Å². The highest BCUT2D eigenvalue weighted by Gasteiger charge is 2.34. The molecule has 0 spiro atoms. The van der Waals surface area contributed by atoms with Gasteiger partial charge in [-0.2, -0.15) is 0 Å². The first kappa shape index (κ1) is 22.9. The van der Waals surface area contributed by atoms with Crippen molar-refractivity contribution in [3.05, 3.63) is 64.1 Å². The van der Waals surface area contributed by atoms with Crippen LogP contribution in [0.4, 0.5) is 5.69 Å². The van der Waals surface area contributed by atoms with Gasteiger partial charge in [0.15, 0.2) is 0 Å². The number of amides is 2. The number of hydrogen-bond acceptors (Lipinski definition) is 4. The molecule has 8 heteroatoms. The highest BCUT2D eigenvalue weighted by atomic mass is 35.5. The Morgan fingerprint density at radius 3 is 2.31 bits per heavy atom. The zero-order valence-electron chi connectivity index (χ0n) is 18.0. The molecule has 1 N–H and O–H groups in total. The second-order valence-corrected chi connectivity index (χ2v) is 9.14. The molecule has 0 aromatic heterocycles. The van der Waals surface area contributed by atoms with Gasteiger partial charge in [0.2, 0.25) is 5.91 Å². The molecule has 2 aliphatic rings. The smallest absolute Gasteiger partial charge is 0.254 e. The summed E-state index contributed by atoms with van der Waals surface area (Å²) in [6, 6.07) is 14.8. The van der Waals surface area contributed by atoms with Crippen molar-refractivity contribution in [1.29, 1.82) is 0 Å². The minimum absolute atomic E-state index is 0.0908. The van der Waals surface area contributed by atoms with Gasteiger partial charge in [-0.1, -0.05) is 41.4 Å². The normalized spacial score (nSPS) is 19.2. The lowest BCUT2D eigenvalue weighted by Crippen LogP contribution is -2.50. The van der Waals surface area contributed by atoms with E-state index in [0.29, 0.717) is 35.1 Å². The molecular formula is C24H28Cl2N4O2. The average molecular weight is 475 g/mol. The third-order valence-corrected chi connectivity index (χ3v) is 6.58. The van der Waals surface area contributed by atoms with Crippen molar-refractivity contribution in [2.24, 2.45) is 0 Å². The van der Waals surface area contributed by atoms with E-state index < -0.39 is 6.04 Å². The molecule has 2 aromatic carbocycles. The summed E-state index contributed by atoms with van der Waals surface area (Å²) in [5, 5.41) is 3.85. The van der Waals surface area contributed by atoms with Crippen LogP contribution in [0.5, 0.6) is 0 Å². The molecule has 2 aliphatic heterocycles. The van der Waals surface area contributed by atoms with Crippen molar-refractivity contribution < 1.29 is 9.59 Å². The SMILES string of the molecule is O=C(NCCN1CCN(c2ccccc2)CC1)C1CCCN1C(=O)c1cc(Cl)cc(Cl)c1. The number of likely N-dealkylation sites (tertiary alicyclic amines) is 1. The van der Waals surface area contributed by atoms with Crippen molar-refractivity contribution in [3.8, 4) is 0 Å². The van der Waals surface area contributed by atoms with Gasteiger partial charge in [-0.05, 0) is 43.2 Å². The lowest BCUT2D eigenvalue weighted by atomic mass is 10.1. The summed E-state index contributed by atoms with van der Waals surface area (Å²) >= 11 is 12.1. The fourth-order valence-electron chi connectivity index (χ4n) is 4.45. The Kier molecular flexibility index (Phi) is 7.55. The van der Waals surface area contributed by atoms with Crippen LogP contribution in [0.15, 0.2) is 48.5 Å². The molecular weight excluding hydrogens is 447 g/mol. The molecule has 0 radical (unpaired) electrons. The summed E-state index contributed by atoms with van der Waals surface area (Å²) < 4.78 is 0. The number of anilines is 1. The van der Waals surface area contributed by atoms with Crippen molar-refractivity contribution in [1.82, 2.24) is 15.1 Å². The van der Waals surface area contributed by atoms with Gasteiger partial charge in [0.05, 0.1) is 0 Å². The largest absolute Gasteiger partial charge is 0.369 e. The summed E-state index contributed by atoms with van der Waals surface area (Å²) in [5.74, 6) is -0.295. The van der Waals surface area contributed by atoms with Gasteiger partial charge in [-0.3, -0.25) is 14.5 Å². The number of carbonyl (C=O) groups is 2. The van der Waals surface area contributed by atoms with Gasteiger partial charge in [-0.25, -0.2) is 0 Å². The molecule has 170 valence electrons. The van der Waals surface area contributed by atoms with Crippen LogP contribution in [-0.4, -0.2) is 73.5 Å². The highest BCUT2D eigenvalue weighted by Crippen LogP contribution is 2.24. The molecule has 0 aliphatic carbocycles. The maximum atomic E-state index is 13.0. The number of piperazine rings is 1. The number of benzene rings is 2. The molecule has 2 fully saturated rings. The molecule has 32 heavy (non-hydrogen) atoms. The Morgan fingerprint density at radius 1 is 0.938 bits per heavy atom. The predicted octanol–water partition coefficient (Wildman–Crippen LogP) is 3.54. The third-order valence-electron chi connectivity index (χ3n) is 6.15. The first-order valence-corrected chi connectivity index (χ1v) is 11.8. The zero-order chi connectivity index (χ0) is 22.5. The summed E-state index contributed by atoms with van der Waals surface area (Å²) in [4.78, 5) is 32.2. The molecule has 2 aromatic rings. The number of nitrogens with one attached hydrogen (secondary N) is 1. The number of nitrogens with zero attached hydrogens (tertiary/aromatic N) is 3. The lowest BCUT2D eigenvalue weighted by Gasteiger charge is -2.36. The van der Waals surface area contributed by atoms with Crippen LogP contribution in [0.3, 0.4) is 0 Å². The van der Waals surface area contributed by atoms with Crippen LogP contribution >= 0.6 is 23.2 Å². The van der Waals surface area contributed by atoms with Crippen molar-refractivity contribution >= 4 is 40.7 Å². The molecule has 1 unspecified atom stereocenters. The highest BCUT2D eigenvalue weighted by molar-refractivity contribution is 6.35. The minimum Gasteiger partial charge on any atom is -0.369 e. The van der Waals surface area contributed by atoms with Crippen LogP contribution < -0.4 is 10.2 Å². The summed E-state index contributed by atoms with van der Waals surface area (Å²) in [7, 11) is 0. The van der Waals surface area contributed by atoms with E-state index in [2.05, 4.69) is 39.4 Å². The van der Waals surface area contributed by atoms with Crippen molar-refractivity contribution in [3.63, 3.8) is 0 Å². The molecule has 1 atom stereocenters. The van der Waals surface area contributed by atoms with E-state index in [1.165, 1.54) is 5.69 Å². The maximum absolute atomic E-state index is 13.0. The van der Waals surface area contributed by atoms with Crippen molar-refractivity contribution in [2.45, 2.75) is 18.9 Å². The zero-order valence-corrected chi connectivity index (χ0v) is 19.5. The summed E-state index contributed by atoms with van der Waals surface area (Å²) in [6.07, 6.45) is 1.47. The first-order valence-electron chi connectivity index (χ1n) is 11.1. The quantitative estimate of drug-likeness (QED) is 0.695. The van der Waals surface area contributed by atoms with E-state index in [1.807, 2.05) is 6.07 Å². The third kappa shape index (κ3) is 5.55. The van der Waals surface area contributed by atoms with E-state index in [-0.39, 0.29) is 11.8 Å². The molecule has 0 bridgehead atoms. The Bertz CT molecular complexity index is 928. The minimum atomic E-state index is -0.449. The predicted molar refractivity (Wildman–Crippen MR) is 129 cm³/mol. The van der Waals surface area contributed by atoms with Crippen LogP contribution in [-0.2, 0) is 4.79 Å². The lowest BCUT2D eigenvalue weighted by molar-refractivity contribution is -0.124. The summed E-state index contributed by atoms with van der Waals surface area (Å²) in [6.45, 7) is 5.83. The van der Waals surface area contributed by atoms with Gasteiger partial charge in [-0.15, -0.1) is 0 Å². The fraction of sp³-hybridized carbons (Fsp3) is 0.417. The Balaban J connectivity index is 1.24. The van der Waals surface area contributed by atoms with Crippen LogP contribution in [0.2, 0.25) is 10.0 Å². The molecule has 4 rings (SSSR count). The summed E-state index contributed by atoms with van der Waals surface area (Å²) in [5.41, 5.74) is 1.67. The van der Waals surface area contributed by atoms with Gasteiger partial charge in [0.25, 0.3) is 5.91 Å². The molecule has 6 nitrogen and oxygen atoms in total. The Labute approximate surface area is 199 Å². The Hall–Kier alpha value is -2.28. The van der Waals surface area contributed by atoms with Crippen molar-refractivity contribution in [2.75, 3.05) is 50.7 Å². The fourth-order valence-corrected chi connectivity index (χ4v) is 4.98. The van der Waals surface area contributed by atoms with Gasteiger partial charge in [0, 0.05) is 67.1 Å². The molecule has 2 heterocycles. The second-order valence-electron chi connectivity index (χ2n) is 8.27. The van der Waals surface area contributed by atoms with E-state index in [4.69, 9.17) is 23.2 Å². The van der Waals surface area contributed by atoms with Crippen LogP contribution in [0.1, 0.15) is 23.2 Å². The molecule has 0 saturated carbocycles. The van der Waals surface area contributed by atoms with Crippen LogP contribution in [0, 0.1) is 0 Å². The number of halogens is 2. The van der Waals surface area contributed by atoms with Gasteiger partial charge < -0.3 is 15.1 Å². The number of para-hydroxylation sites is 1. The van der Waals surface area contributed by atoms with E-state index in [9.17, 15) is 9.59 Å². The maximum Gasteiger partial charge on any atom is 0.254 e. The Morgan fingerprint density at radius 2 is 1.62 bits per heavy atom. The number of hydrogen-bond donors (Lipinski definition) is 1. The monoisotopic (exact) mass is 474 g/mol. The number of rotatable bonds is 6. The van der Waals surface area contributed by atoms with Gasteiger partial charge >= 0.3 is 0 Å². The molecule has 2 saturated heterocycles. The van der Waals surface area contributed by atoms with Gasteiger partial charge in [0.1, 0.15) is 6.04 Å². The topological polar surface area (TPSA) is 55.9 Å². The van der Waals surface area contributed by atoms with E-state index in [0.717, 1.165) is 39.1 Å².